The number of carbonyl (C=O) groups is 2. The van der Waals surface area contributed by atoms with E-state index in [1.54, 1.807) is 24.3 Å². The molecule has 2 rings (SSSR count). The lowest BCUT2D eigenvalue weighted by atomic mass is 10.1. The second-order valence-corrected chi connectivity index (χ2v) is 6.44. The molecule has 0 saturated heterocycles. The third-order valence-corrected chi connectivity index (χ3v) is 3.94. The quantitative estimate of drug-likeness (QED) is 0.811. The van der Waals surface area contributed by atoms with E-state index in [-0.39, 0.29) is 11.9 Å². The number of nitrogens with one attached hydrogen (secondary N) is 1. The van der Waals surface area contributed by atoms with Crippen LogP contribution in [0.5, 0.6) is 0 Å². The average Bonchev–Trinajstić information content (AvgIpc) is 2.91. The number of amides is 1. The summed E-state index contributed by atoms with van der Waals surface area (Å²) in [6.07, 6.45) is 1.87. The number of aryl methyl sites for hydroxylation is 1. The molecule has 0 aliphatic carbocycles. The molecule has 23 heavy (non-hydrogen) atoms. The van der Waals surface area contributed by atoms with Gasteiger partial charge < -0.3 is 14.6 Å². The fourth-order valence-corrected chi connectivity index (χ4v) is 2.68. The third kappa shape index (κ3) is 3.82. The van der Waals surface area contributed by atoms with E-state index < -0.39 is 5.97 Å². The number of nitrogens with zero attached hydrogens (tertiary/aromatic N) is 1. The molecule has 0 aliphatic heterocycles. The van der Waals surface area contributed by atoms with Crippen LogP contribution in [-0.4, -0.2) is 23.6 Å². The molecule has 0 spiro atoms. The van der Waals surface area contributed by atoms with Gasteiger partial charge >= 0.3 is 5.97 Å². The minimum absolute atomic E-state index is 0.157. The van der Waals surface area contributed by atoms with Crippen molar-refractivity contribution in [1.29, 1.82) is 0 Å². The second kappa shape index (κ2) is 7.00. The summed E-state index contributed by atoms with van der Waals surface area (Å²) in [4.78, 5) is 24.2. The van der Waals surface area contributed by atoms with E-state index in [1.165, 1.54) is 7.11 Å². The molecule has 0 atom stereocenters. The molecule has 0 aliphatic rings. The molecule has 1 heterocycles. The van der Waals surface area contributed by atoms with Crippen LogP contribution in [0.1, 0.15) is 46.3 Å². The Morgan fingerprint density at radius 3 is 2.57 bits per heavy atom. The molecule has 2 aromatic rings. The molecule has 0 saturated carbocycles. The van der Waals surface area contributed by atoms with Crippen molar-refractivity contribution >= 4 is 33.5 Å². The molecule has 0 bridgehead atoms. The first-order valence-electron chi connectivity index (χ1n) is 7.21. The lowest BCUT2D eigenvalue weighted by Gasteiger charge is -2.14. The van der Waals surface area contributed by atoms with Gasteiger partial charge in [-0.1, -0.05) is 6.07 Å². The molecule has 1 aromatic heterocycles. The minimum Gasteiger partial charge on any atom is -0.465 e. The van der Waals surface area contributed by atoms with Crippen LogP contribution < -0.4 is 5.32 Å². The van der Waals surface area contributed by atoms with Crippen LogP contribution in [0.25, 0.3) is 0 Å². The van der Waals surface area contributed by atoms with E-state index in [4.69, 9.17) is 4.74 Å². The Hall–Kier alpha value is -2.08. The zero-order valence-electron chi connectivity index (χ0n) is 13.5. The number of carbonyl (C=O) groups excluding carboxylic acids is 2. The molecular formula is C17H19BrN2O3. The van der Waals surface area contributed by atoms with Crippen molar-refractivity contribution in [2.75, 3.05) is 12.4 Å². The van der Waals surface area contributed by atoms with Gasteiger partial charge in [0.05, 0.1) is 12.7 Å². The number of aromatic nitrogens is 1. The topological polar surface area (TPSA) is 60.3 Å². The summed E-state index contributed by atoms with van der Waals surface area (Å²) in [5.74, 6) is -0.664. The molecule has 1 amide bonds. The number of methoxy groups -OCH3 is 1. The van der Waals surface area contributed by atoms with Crippen molar-refractivity contribution in [3.63, 3.8) is 0 Å². The van der Waals surface area contributed by atoms with Gasteiger partial charge in [-0.15, -0.1) is 0 Å². The first-order chi connectivity index (χ1) is 10.8. The van der Waals surface area contributed by atoms with Gasteiger partial charge in [0.15, 0.2) is 0 Å². The molecule has 5 nitrogen and oxygen atoms in total. The maximum atomic E-state index is 12.6. The summed E-state index contributed by atoms with van der Waals surface area (Å²) in [7, 11) is 1.33. The molecule has 0 unspecified atom stereocenters. The zero-order chi connectivity index (χ0) is 17.1. The van der Waals surface area contributed by atoms with E-state index in [1.807, 2.05) is 31.5 Å². The number of anilines is 1. The van der Waals surface area contributed by atoms with Crippen molar-refractivity contribution in [1.82, 2.24) is 4.57 Å². The summed E-state index contributed by atoms with van der Waals surface area (Å²) >= 11 is 3.40. The van der Waals surface area contributed by atoms with Gasteiger partial charge in [-0.2, -0.15) is 0 Å². The van der Waals surface area contributed by atoms with Crippen LogP contribution in [0, 0.1) is 6.92 Å². The number of hydrogen-bond acceptors (Lipinski definition) is 3. The highest BCUT2D eigenvalue weighted by Gasteiger charge is 2.17. The van der Waals surface area contributed by atoms with Gasteiger partial charge in [0.2, 0.25) is 0 Å². The number of esters is 1. The van der Waals surface area contributed by atoms with E-state index in [0.717, 1.165) is 10.0 Å². The number of hydrogen-bond donors (Lipinski definition) is 1. The standard InChI is InChI=1S/C17H19BrN2O3/c1-10(2)20-9-13(18)8-15(20)16(21)19-14-7-12(17(22)23-4)6-5-11(14)3/h5-10H,1-4H3,(H,19,21). The maximum absolute atomic E-state index is 12.6. The molecule has 122 valence electrons. The zero-order valence-corrected chi connectivity index (χ0v) is 15.1. The highest BCUT2D eigenvalue weighted by molar-refractivity contribution is 9.10. The lowest BCUT2D eigenvalue weighted by Crippen LogP contribution is -2.18. The minimum atomic E-state index is -0.436. The van der Waals surface area contributed by atoms with Gasteiger partial charge in [-0.3, -0.25) is 4.79 Å². The predicted octanol–water partition coefficient (Wildman–Crippen LogP) is 4.18. The van der Waals surface area contributed by atoms with Gasteiger partial charge in [-0.05, 0) is 60.5 Å². The average molecular weight is 379 g/mol. The van der Waals surface area contributed by atoms with Crippen LogP contribution in [0.4, 0.5) is 5.69 Å². The fraction of sp³-hybridized carbons (Fsp3) is 0.294. The Morgan fingerprint density at radius 1 is 1.26 bits per heavy atom. The number of benzene rings is 1. The Morgan fingerprint density at radius 2 is 1.96 bits per heavy atom. The van der Waals surface area contributed by atoms with Crippen molar-refractivity contribution in [3.8, 4) is 0 Å². The van der Waals surface area contributed by atoms with Crippen molar-refractivity contribution < 1.29 is 14.3 Å². The highest BCUT2D eigenvalue weighted by atomic mass is 79.9. The molecule has 0 fully saturated rings. The van der Waals surface area contributed by atoms with Crippen LogP contribution in [0.2, 0.25) is 0 Å². The van der Waals surface area contributed by atoms with E-state index in [9.17, 15) is 9.59 Å². The Labute approximate surface area is 143 Å². The van der Waals surface area contributed by atoms with Crippen LogP contribution >= 0.6 is 15.9 Å². The summed E-state index contributed by atoms with van der Waals surface area (Å²) < 4.78 is 7.44. The normalized spacial score (nSPS) is 10.7. The smallest absolute Gasteiger partial charge is 0.337 e. The van der Waals surface area contributed by atoms with E-state index in [0.29, 0.717) is 16.9 Å². The number of rotatable bonds is 4. The molecule has 6 heteroatoms. The molecule has 1 aromatic carbocycles. The summed E-state index contributed by atoms with van der Waals surface area (Å²) in [5, 5.41) is 2.87. The molecule has 0 radical (unpaired) electrons. The molecular weight excluding hydrogens is 360 g/mol. The van der Waals surface area contributed by atoms with Gasteiger partial charge in [0.25, 0.3) is 5.91 Å². The highest BCUT2D eigenvalue weighted by Crippen LogP contribution is 2.22. The third-order valence-electron chi connectivity index (χ3n) is 3.51. The Kier molecular flexibility index (Phi) is 5.26. The summed E-state index contributed by atoms with van der Waals surface area (Å²) in [5.41, 5.74) is 2.40. The SMILES string of the molecule is COC(=O)c1ccc(C)c(NC(=O)c2cc(Br)cn2C(C)C)c1. The van der Waals surface area contributed by atoms with Gasteiger partial charge in [0, 0.05) is 22.4 Å². The number of ether oxygens (including phenoxy) is 1. The Bertz CT molecular complexity index is 750. The van der Waals surface area contributed by atoms with E-state index >= 15 is 0 Å². The Balaban J connectivity index is 2.32. The van der Waals surface area contributed by atoms with Gasteiger partial charge in [0.1, 0.15) is 5.69 Å². The summed E-state index contributed by atoms with van der Waals surface area (Å²) in [6, 6.07) is 7.00. The molecule has 1 N–H and O–H groups in total. The first kappa shape index (κ1) is 17.3. The maximum Gasteiger partial charge on any atom is 0.337 e. The van der Waals surface area contributed by atoms with Crippen molar-refractivity contribution in [3.05, 3.63) is 51.8 Å². The summed E-state index contributed by atoms with van der Waals surface area (Å²) in [6.45, 7) is 5.88. The first-order valence-corrected chi connectivity index (χ1v) is 8.00. The largest absolute Gasteiger partial charge is 0.465 e. The van der Waals surface area contributed by atoms with Crippen LogP contribution in [0.15, 0.2) is 34.9 Å². The van der Waals surface area contributed by atoms with Crippen LogP contribution in [0.3, 0.4) is 0 Å². The lowest BCUT2D eigenvalue weighted by molar-refractivity contribution is 0.0600. The predicted molar refractivity (Wildman–Crippen MR) is 93.0 cm³/mol. The van der Waals surface area contributed by atoms with Gasteiger partial charge in [-0.25, -0.2) is 4.79 Å². The van der Waals surface area contributed by atoms with E-state index in [2.05, 4.69) is 21.2 Å². The van der Waals surface area contributed by atoms with Crippen molar-refractivity contribution in [2.24, 2.45) is 0 Å². The monoisotopic (exact) mass is 378 g/mol. The van der Waals surface area contributed by atoms with Crippen LogP contribution in [-0.2, 0) is 4.74 Å². The fourth-order valence-electron chi connectivity index (χ4n) is 2.24. The second-order valence-electron chi connectivity index (χ2n) is 5.52. The van der Waals surface area contributed by atoms with Crippen molar-refractivity contribution in [2.45, 2.75) is 26.8 Å². The number of halogens is 1.